The number of nitrogen functional groups attached to an aromatic ring is 1. The summed E-state index contributed by atoms with van der Waals surface area (Å²) in [6.07, 6.45) is 3.27. The maximum atomic E-state index is 10.1. The van der Waals surface area contributed by atoms with Gasteiger partial charge in [-0.05, 0) is 47.9 Å². The van der Waals surface area contributed by atoms with E-state index < -0.39 is 0 Å². The number of phenols is 1. The van der Waals surface area contributed by atoms with Crippen molar-refractivity contribution in [3.63, 3.8) is 0 Å². The largest absolute Gasteiger partial charge is 0.507 e. The molecular formula is C21H20N4O. The standard InChI is InChI=1S/C21H20N4O/c22-21-18(13-19(24-25-21)17-3-1-2-4-20(17)26)16-7-5-14(6-8-16)15-9-11-23-12-10-15/h1-9,13,23,26H,10-12H2,(H2,22,25). The summed E-state index contributed by atoms with van der Waals surface area (Å²) in [7, 11) is 0. The minimum atomic E-state index is 0.172. The molecule has 0 fully saturated rings. The molecule has 4 N–H and O–H groups in total. The molecule has 1 aliphatic heterocycles. The Hall–Kier alpha value is -3.18. The van der Waals surface area contributed by atoms with Gasteiger partial charge in [-0.25, -0.2) is 0 Å². The van der Waals surface area contributed by atoms with Gasteiger partial charge in [0.2, 0.25) is 0 Å². The zero-order chi connectivity index (χ0) is 17.9. The molecule has 0 bridgehead atoms. The second kappa shape index (κ2) is 6.98. The first-order valence-corrected chi connectivity index (χ1v) is 8.64. The summed E-state index contributed by atoms with van der Waals surface area (Å²) in [6.45, 7) is 1.93. The fourth-order valence-electron chi connectivity index (χ4n) is 3.20. The van der Waals surface area contributed by atoms with Crippen LogP contribution in [0.4, 0.5) is 5.82 Å². The zero-order valence-corrected chi connectivity index (χ0v) is 14.3. The molecule has 0 aliphatic carbocycles. The average molecular weight is 344 g/mol. The lowest BCUT2D eigenvalue weighted by molar-refractivity contribution is 0.477. The summed E-state index contributed by atoms with van der Waals surface area (Å²) < 4.78 is 0. The van der Waals surface area contributed by atoms with Gasteiger partial charge >= 0.3 is 0 Å². The first kappa shape index (κ1) is 16.3. The van der Waals surface area contributed by atoms with E-state index in [4.69, 9.17) is 5.73 Å². The Morgan fingerprint density at radius 2 is 1.69 bits per heavy atom. The van der Waals surface area contributed by atoms with Gasteiger partial charge in [0.25, 0.3) is 0 Å². The number of nitrogens with one attached hydrogen (secondary N) is 1. The van der Waals surface area contributed by atoms with Crippen molar-refractivity contribution in [1.82, 2.24) is 15.5 Å². The van der Waals surface area contributed by atoms with E-state index in [1.54, 1.807) is 12.1 Å². The Balaban J connectivity index is 1.70. The summed E-state index contributed by atoms with van der Waals surface area (Å²) in [6, 6.07) is 17.3. The molecule has 4 rings (SSSR count). The molecule has 0 unspecified atom stereocenters. The number of hydrogen-bond donors (Lipinski definition) is 3. The molecule has 0 amide bonds. The number of nitrogens with two attached hydrogens (primary N) is 1. The highest BCUT2D eigenvalue weighted by molar-refractivity contribution is 5.80. The smallest absolute Gasteiger partial charge is 0.154 e. The van der Waals surface area contributed by atoms with Crippen LogP contribution in [0.2, 0.25) is 0 Å². The lowest BCUT2D eigenvalue weighted by Crippen LogP contribution is -2.19. The van der Waals surface area contributed by atoms with Gasteiger partial charge in [0.1, 0.15) is 5.75 Å². The molecule has 5 nitrogen and oxygen atoms in total. The number of hydrogen-bond acceptors (Lipinski definition) is 5. The molecule has 130 valence electrons. The average Bonchev–Trinajstić information content (AvgIpc) is 2.70. The zero-order valence-electron chi connectivity index (χ0n) is 14.3. The van der Waals surface area contributed by atoms with Crippen LogP contribution in [0.3, 0.4) is 0 Å². The summed E-state index contributed by atoms with van der Waals surface area (Å²) in [5.74, 6) is 0.545. The molecular weight excluding hydrogens is 324 g/mol. The molecule has 3 aromatic rings. The second-order valence-electron chi connectivity index (χ2n) is 6.31. The first-order valence-electron chi connectivity index (χ1n) is 8.64. The maximum absolute atomic E-state index is 10.1. The van der Waals surface area contributed by atoms with Crippen molar-refractivity contribution in [3.8, 4) is 28.1 Å². The fraction of sp³-hybridized carbons (Fsp3) is 0.143. The Bertz CT molecular complexity index is 964. The summed E-state index contributed by atoms with van der Waals surface area (Å²) in [4.78, 5) is 0. The molecule has 2 heterocycles. The van der Waals surface area contributed by atoms with Gasteiger partial charge in [-0.2, -0.15) is 0 Å². The van der Waals surface area contributed by atoms with Crippen LogP contribution < -0.4 is 11.1 Å². The van der Waals surface area contributed by atoms with E-state index in [1.807, 2.05) is 18.2 Å². The quantitative estimate of drug-likeness (QED) is 0.677. The van der Waals surface area contributed by atoms with E-state index >= 15 is 0 Å². The third-order valence-corrected chi connectivity index (χ3v) is 4.63. The predicted octanol–water partition coefficient (Wildman–Crippen LogP) is 3.48. The van der Waals surface area contributed by atoms with Gasteiger partial charge in [-0.1, -0.05) is 42.5 Å². The van der Waals surface area contributed by atoms with Gasteiger partial charge < -0.3 is 16.2 Å². The predicted molar refractivity (Wildman–Crippen MR) is 104 cm³/mol. The van der Waals surface area contributed by atoms with Crippen LogP contribution >= 0.6 is 0 Å². The third-order valence-electron chi connectivity index (χ3n) is 4.63. The Labute approximate surface area is 152 Å². The molecule has 1 aromatic heterocycles. The van der Waals surface area contributed by atoms with E-state index in [-0.39, 0.29) is 5.75 Å². The molecule has 5 heteroatoms. The van der Waals surface area contributed by atoms with Crippen LogP contribution in [0.15, 0.2) is 60.7 Å². The van der Waals surface area contributed by atoms with Gasteiger partial charge in [-0.15, -0.1) is 10.2 Å². The van der Waals surface area contributed by atoms with Gasteiger partial charge in [0.05, 0.1) is 5.69 Å². The Morgan fingerprint density at radius 1 is 0.923 bits per heavy atom. The molecule has 2 aromatic carbocycles. The summed E-state index contributed by atoms with van der Waals surface area (Å²) in [5, 5.41) is 21.6. The number of aromatic hydroxyl groups is 1. The molecule has 0 saturated carbocycles. The van der Waals surface area contributed by atoms with Crippen LogP contribution in [0, 0.1) is 0 Å². The maximum Gasteiger partial charge on any atom is 0.154 e. The van der Waals surface area contributed by atoms with Crippen LogP contribution in [0.1, 0.15) is 12.0 Å². The van der Waals surface area contributed by atoms with E-state index in [2.05, 4.69) is 45.9 Å². The Kier molecular flexibility index (Phi) is 4.37. The SMILES string of the molecule is Nc1nnc(-c2ccccc2O)cc1-c1ccc(C2=CCNCC2)cc1. The van der Waals surface area contributed by atoms with E-state index in [1.165, 1.54) is 11.1 Å². The topological polar surface area (TPSA) is 84.1 Å². The van der Waals surface area contributed by atoms with Gasteiger partial charge in [0, 0.05) is 17.7 Å². The number of aromatic nitrogens is 2. The Morgan fingerprint density at radius 3 is 2.42 bits per heavy atom. The van der Waals surface area contributed by atoms with Crippen molar-refractivity contribution >= 4 is 11.4 Å². The van der Waals surface area contributed by atoms with Crippen molar-refractivity contribution in [3.05, 3.63) is 66.2 Å². The third kappa shape index (κ3) is 3.17. The second-order valence-corrected chi connectivity index (χ2v) is 6.31. The molecule has 1 aliphatic rings. The summed E-state index contributed by atoms with van der Waals surface area (Å²) in [5.41, 5.74) is 11.7. The normalized spacial score (nSPS) is 14.1. The number of benzene rings is 2. The van der Waals surface area contributed by atoms with Crippen LogP contribution in [-0.2, 0) is 0 Å². The van der Waals surface area contributed by atoms with E-state index in [0.717, 1.165) is 30.6 Å². The van der Waals surface area contributed by atoms with E-state index in [9.17, 15) is 5.11 Å². The van der Waals surface area contributed by atoms with Crippen molar-refractivity contribution in [2.24, 2.45) is 0 Å². The number of rotatable bonds is 3. The van der Waals surface area contributed by atoms with Crippen LogP contribution in [-0.4, -0.2) is 28.4 Å². The summed E-state index contributed by atoms with van der Waals surface area (Å²) >= 11 is 0. The minimum absolute atomic E-state index is 0.172. The fourth-order valence-corrected chi connectivity index (χ4v) is 3.20. The molecule has 26 heavy (non-hydrogen) atoms. The number of phenolic OH excluding ortho intramolecular Hbond substituents is 1. The van der Waals surface area contributed by atoms with Crippen molar-refractivity contribution in [2.45, 2.75) is 6.42 Å². The lowest BCUT2D eigenvalue weighted by Gasteiger charge is -2.15. The molecule has 0 saturated heterocycles. The van der Waals surface area contributed by atoms with Crippen LogP contribution in [0.25, 0.3) is 28.0 Å². The highest BCUT2D eigenvalue weighted by atomic mass is 16.3. The number of nitrogens with zero attached hydrogens (tertiary/aromatic N) is 2. The number of para-hydroxylation sites is 1. The monoisotopic (exact) mass is 344 g/mol. The first-order chi connectivity index (χ1) is 12.7. The van der Waals surface area contributed by atoms with Crippen molar-refractivity contribution < 1.29 is 5.11 Å². The van der Waals surface area contributed by atoms with Crippen molar-refractivity contribution in [2.75, 3.05) is 18.8 Å². The minimum Gasteiger partial charge on any atom is -0.507 e. The lowest BCUT2D eigenvalue weighted by atomic mass is 9.97. The van der Waals surface area contributed by atoms with Gasteiger partial charge in [-0.3, -0.25) is 0 Å². The highest BCUT2D eigenvalue weighted by Gasteiger charge is 2.12. The van der Waals surface area contributed by atoms with E-state index in [0.29, 0.717) is 17.1 Å². The molecule has 0 radical (unpaired) electrons. The molecule has 0 atom stereocenters. The van der Waals surface area contributed by atoms with Crippen molar-refractivity contribution in [1.29, 1.82) is 0 Å². The van der Waals surface area contributed by atoms with Gasteiger partial charge in [0.15, 0.2) is 5.82 Å². The van der Waals surface area contributed by atoms with Crippen LogP contribution in [0.5, 0.6) is 5.75 Å². The number of anilines is 1. The molecule has 0 spiro atoms. The highest BCUT2D eigenvalue weighted by Crippen LogP contribution is 2.32.